The zero-order valence-corrected chi connectivity index (χ0v) is 23.6. The van der Waals surface area contributed by atoms with Crippen LogP contribution in [0.5, 0.6) is 0 Å². The molecule has 240 valence electrons. The number of carbonyl (C=O) groups is 3. The average Bonchev–Trinajstić information content (AvgIpc) is 3.31. The van der Waals surface area contributed by atoms with Crippen molar-refractivity contribution in [3.05, 3.63) is 102 Å². The SMILES string of the molecule is CC(NC(=O)c1cc2ccccc2n1Cc1cccc(C(=N)N)c1)c1cc[n+](C)cc1.O=C(O)C(F)(F)F.O=C([O-])C(F)(F)F. The summed E-state index contributed by atoms with van der Waals surface area (Å²) in [6, 6.07) is 21.4. The van der Waals surface area contributed by atoms with E-state index in [1.807, 2.05) is 102 Å². The van der Waals surface area contributed by atoms with Gasteiger partial charge in [0.15, 0.2) is 12.4 Å². The monoisotopic (exact) mass is 639 g/mol. The van der Waals surface area contributed by atoms with E-state index >= 15 is 0 Å². The predicted octanol–water partition coefficient (Wildman–Crippen LogP) is 3.22. The number of rotatable bonds is 6. The van der Waals surface area contributed by atoms with Gasteiger partial charge in [-0.15, -0.1) is 0 Å². The van der Waals surface area contributed by atoms with E-state index in [-0.39, 0.29) is 17.8 Å². The van der Waals surface area contributed by atoms with Crippen LogP contribution in [0.2, 0.25) is 0 Å². The first-order valence-corrected chi connectivity index (χ1v) is 12.7. The van der Waals surface area contributed by atoms with Crippen LogP contribution in [0.25, 0.3) is 10.9 Å². The van der Waals surface area contributed by atoms with Crippen LogP contribution in [0, 0.1) is 5.41 Å². The fourth-order valence-electron chi connectivity index (χ4n) is 3.74. The van der Waals surface area contributed by atoms with Gasteiger partial charge in [-0.1, -0.05) is 36.4 Å². The van der Waals surface area contributed by atoms with Crippen LogP contribution in [0.4, 0.5) is 26.3 Å². The quantitative estimate of drug-likeness (QED) is 0.110. The maximum atomic E-state index is 13.3. The molecule has 10 nitrogen and oxygen atoms in total. The van der Waals surface area contributed by atoms with Crippen molar-refractivity contribution in [2.24, 2.45) is 12.8 Å². The van der Waals surface area contributed by atoms with Crippen LogP contribution in [0.3, 0.4) is 0 Å². The lowest BCUT2D eigenvalue weighted by molar-refractivity contribution is -0.671. The van der Waals surface area contributed by atoms with Crippen molar-refractivity contribution >= 4 is 34.6 Å². The number of nitrogens with two attached hydrogens (primary N) is 1. The molecule has 1 unspecified atom stereocenters. The number of halogens is 6. The zero-order chi connectivity index (χ0) is 34.1. The summed E-state index contributed by atoms with van der Waals surface area (Å²) < 4.78 is 67.3. The Balaban J connectivity index is 0.000000421. The second kappa shape index (κ2) is 14.9. The molecule has 0 saturated carbocycles. The van der Waals surface area contributed by atoms with E-state index in [0.29, 0.717) is 17.8 Å². The first-order chi connectivity index (χ1) is 20.8. The summed E-state index contributed by atoms with van der Waals surface area (Å²) in [5.41, 5.74) is 9.94. The molecule has 0 saturated heterocycles. The second-order valence-corrected chi connectivity index (χ2v) is 9.37. The number of carbonyl (C=O) groups excluding carboxylic acids is 2. The molecule has 2 heterocycles. The van der Waals surface area contributed by atoms with Crippen molar-refractivity contribution in [1.82, 2.24) is 9.88 Å². The Morgan fingerprint density at radius 3 is 2.04 bits per heavy atom. The smallest absolute Gasteiger partial charge is 0.490 e. The highest BCUT2D eigenvalue weighted by atomic mass is 19.4. The second-order valence-electron chi connectivity index (χ2n) is 9.37. The lowest BCUT2D eigenvalue weighted by Gasteiger charge is -2.16. The van der Waals surface area contributed by atoms with Gasteiger partial charge in [0.2, 0.25) is 0 Å². The molecule has 0 spiro atoms. The predicted molar refractivity (Wildman–Crippen MR) is 147 cm³/mol. The molecule has 0 aliphatic heterocycles. The fraction of sp³-hybridized carbons (Fsp3) is 0.207. The number of aliphatic carboxylic acids is 2. The molecule has 0 bridgehead atoms. The van der Waals surface area contributed by atoms with E-state index in [9.17, 15) is 31.1 Å². The maximum absolute atomic E-state index is 13.3. The molecular formula is C29H27F6N5O5. The number of carboxylic acid groups (broad SMARTS) is 2. The molecule has 16 heteroatoms. The van der Waals surface area contributed by atoms with Crippen molar-refractivity contribution in [1.29, 1.82) is 5.41 Å². The highest BCUT2D eigenvalue weighted by Crippen LogP contribution is 2.23. The molecule has 0 fully saturated rings. The molecule has 1 amide bonds. The number of hydrogen-bond acceptors (Lipinski definition) is 5. The molecular weight excluding hydrogens is 612 g/mol. The first kappa shape index (κ1) is 35.8. The fourth-order valence-corrected chi connectivity index (χ4v) is 3.74. The lowest BCUT2D eigenvalue weighted by Crippen LogP contribution is -2.37. The zero-order valence-electron chi connectivity index (χ0n) is 23.6. The highest BCUT2D eigenvalue weighted by molar-refractivity contribution is 5.99. The van der Waals surface area contributed by atoms with Gasteiger partial charge in [-0.2, -0.15) is 26.3 Å². The third kappa shape index (κ3) is 10.7. The van der Waals surface area contributed by atoms with Gasteiger partial charge in [0.1, 0.15) is 24.5 Å². The number of fused-ring (bicyclic) bond motifs is 1. The molecule has 4 aromatic rings. The van der Waals surface area contributed by atoms with Crippen LogP contribution >= 0.6 is 0 Å². The summed E-state index contributed by atoms with van der Waals surface area (Å²) in [6.45, 7) is 2.49. The van der Waals surface area contributed by atoms with E-state index in [1.165, 1.54) is 0 Å². The molecule has 5 N–H and O–H groups in total. The minimum atomic E-state index is -5.19. The Bertz CT molecular complexity index is 1640. The molecule has 2 aromatic heterocycles. The Morgan fingerprint density at radius 2 is 1.53 bits per heavy atom. The molecule has 0 aliphatic rings. The average molecular weight is 640 g/mol. The van der Waals surface area contributed by atoms with Gasteiger partial charge in [-0.25, -0.2) is 9.36 Å². The molecule has 45 heavy (non-hydrogen) atoms. The number of nitrogen functional groups attached to an aromatic ring is 1. The number of aryl methyl sites for hydroxylation is 1. The van der Waals surface area contributed by atoms with Gasteiger partial charge in [-0.05, 0) is 36.2 Å². The highest BCUT2D eigenvalue weighted by Gasteiger charge is 2.38. The van der Waals surface area contributed by atoms with Crippen LogP contribution in [0.15, 0.2) is 79.1 Å². The van der Waals surface area contributed by atoms with Gasteiger partial charge in [0.25, 0.3) is 5.91 Å². The van der Waals surface area contributed by atoms with Crippen LogP contribution in [0.1, 0.15) is 40.1 Å². The summed E-state index contributed by atoms with van der Waals surface area (Å²) in [4.78, 5) is 30.9. The number of carboxylic acids is 2. The number of alkyl halides is 6. The van der Waals surface area contributed by atoms with E-state index in [4.69, 9.17) is 30.9 Å². The Labute approximate surface area is 251 Å². The van der Waals surface area contributed by atoms with E-state index < -0.39 is 24.3 Å². The van der Waals surface area contributed by atoms with Crippen molar-refractivity contribution in [2.45, 2.75) is 31.9 Å². The topological polar surface area (TPSA) is 165 Å². The number of pyridine rings is 1. The number of amidine groups is 1. The van der Waals surface area contributed by atoms with Gasteiger partial charge >= 0.3 is 18.3 Å². The lowest BCUT2D eigenvalue weighted by atomic mass is 10.1. The number of para-hydroxylation sites is 1. The van der Waals surface area contributed by atoms with Crippen molar-refractivity contribution in [2.75, 3.05) is 0 Å². The third-order valence-corrected chi connectivity index (χ3v) is 5.95. The molecule has 0 aliphatic carbocycles. The van der Waals surface area contributed by atoms with E-state index in [1.54, 1.807) is 0 Å². The van der Waals surface area contributed by atoms with Gasteiger partial charge in [0, 0.05) is 35.1 Å². The first-order valence-electron chi connectivity index (χ1n) is 12.7. The molecule has 4 rings (SSSR count). The number of aromatic nitrogens is 2. The van der Waals surface area contributed by atoms with E-state index in [0.717, 1.165) is 22.0 Å². The Hall–Kier alpha value is -5.41. The number of nitrogens with zero attached hydrogens (tertiary/aromatic N) is 2. The van der Waals surface area contributed by atoms with Gasteiger partial charge in [0.05, 0.1) is 6.04 Å². The summed E-state index contributed by atoms with van der Waals surface area (Å²) in [6.07, 6.45) is -6.34. The van der Waals surface area contributed by atoms with Gasteiger partial charge < -0.3 is 30.6 Å². The van der Waals surface area contributed by atoms with Crippen molar-refractivity contribution in [3.63, 3.8) is 0 Å². The number of hydrogen-bond donors (Lipinski definition) is 4. The summed E-state index contributed by atoms with van der Waals surface area (Å²) in [5.74, 6) is -5.86. The van der Waals surface area contributed by atoms with Crippen molar-refractivity contribution in [3.8, 4) is 0 Å². The number of amides is 1. The Morgan fingerprint density at radius 1 is 0.978 bits per heavy atom. The third-order valence-electron chi connectivity index (χ3n) is 5.95. The van der Waals surface area contributed by atoms with Gasteiger partial charge in [-0.3, -0.25) is 10.2 Å². The van der Waals surface area contributed by atoms with Crippen LogP contribution < -0.4 is 20.7 Å². The maximum Gasteiger partial charge on any atom is 0.490 e. The summed E-state index contributed by atoms with van der Waals surface area (Å²) >= 11 is 0. The summed E-state index contributed by atoms with van der Waals surface area (Å²) in [7, 11) is 1.96. The largest absolute Gasteiger partial charge is 0.542 e. The van der Waals surface area contributed by atoms with Crippen LogP contribution in [-0.2, 0) is 23.2 Å². The normalized spacial score (nSPS) is 11.7. The molecule has 1 atom stereocenters. The Kier molecular flexibility index (Phi) is 11.8. The minimum absolute atomic E-state index is 0.0299. The number of nitrogens with one attached hydrogen (secondary N) is 2. The molecule has 2 aromatic carbocycles. The van der Waals surface area contributed by atoms with E-state index in [2.05, 4.69) is 5.32 Å². The van der Waals surface area contributed by atoms with Crippen molar-refractivity contribution < 1.29 is 55.5 Å². The summed E-state index contributed by atoms with van der Waals surface area (Å²) in [5, 5.41) is 27.7. The van der Waals surface area contributed by atoms with Crippen LogP contribution in [-0.4, -0.2) is 45.7 Å². The molecule has 0 radical (unpaired) electrons. The standard InChI is InChI=1S/C25H25N5O.2C2HF3O2/c1-17(19-10-12-29(2)13-11-19)28-25(31)23-15-20-7-3-4-9-22(20)30(23)16-18-6-5-8-21(14-18)24(26)27;2*3-2(4,5)1(6)7/h3-15,17H,16H2,1-2H3,(H3-,26,27,28,31);2*(H,6,7). The minimum Gasteiger partial charge on any atom is -0.542 e. The number of benzene rings is 2.